The lowest BCUT2D eigenvalue weighted by molar-refractivity contribution is -0.136. The predicted octanol–water partition coefficient (Wildman–Crippen LogP) is 2.26. The number of halogens is 1. The van der Waals surface area contributed by atoms with Crippen molar-refractivity contribution in [3.63, 3.8) is 0 Å². The van der Waals surface area contributed by atoms with Gasteiger partial charge in [0.2, 0.25) is 11.8 Å². The number of nitriles is 1. The van der Waals surface area contributed by atoms with Crippen LogP contribution in [0.1, 0.15) is 37.3 Å². The van der Waals surface area contributed by atoms with Crippen molar-refractivity contribution in [2.75, 3.05) is 11.9 Å². The van der Waals surface area contributed by atoms with Gasteiger partial charge in [-0.1, -0.05) is 17.7 Å². The summed E-state index contributed by atoms with van der Waals surface area (Å²) in [6.07, 6.45) is 1.15. The summed E-state index contributed by atoms with van der Waals surface area (Å²) in [5, 5.41) is 22.7. The minimum atomic E-state index is -0.909. The number of fused-ring (bicyclic) bond motifs is 1. The fourth-order valence-electron chi connectivity index (χ4n) is 5.13. The summed E-state index contributed by atoms with van der Waals surface area (Å²) in [6.45, 7) is 2.62. The fraction of sp³-hybridized carbons (Fsp3) is 0.393. The Bertz CT molecular complexity index is 1630. The Kier molecular flexibility index (Phi) is 7.30. The van der Waals surface area contributed by atoms with Crippen LogP contribution >= 0.6 is 11.6 Å². The second-order valence-corrected chi connectivity index (χ2v) is 10.6. The minimum Gasteiger partial charge on any atom is -0.391 e. The second kappa shape index (κ2) is 10.7. The summed E-state index contributed by atoms with van der Waals surface area (Å²) >= 11 is 6.09. The highest BCUT2D eigenvalue weighted by Crippen LogP contribution is 2.30. The van der Waals surface area contributed by atoms with Crippen LogP contribution in [0.2, 0.25) is 5.02 Å². The summed E-state index contributed by atoms with van der Waals surface area (Å²) in [5.41, 5.74) is 1.01. The van der Waals surface area contributed by atoms with Gasteiger partial charge in [0, 0.05) is 31.7 Å². The lowest BCUT2D eigenvalue weighted by Gasteiger charge is -2.24. The Morgan fingerprint density at radius 2 is 1.92 bits per heavy atom. The van der Waals surface area contributed by atoms with Crippen molar-refractivity contribution >= 4 is 40.0 Å². The molecule has 10 nitrogen and oxygen atoms in total. The van der Waals surface area contributed by atoms with Crippen LogP contribution in [0.3, 0.4) is 0 Å². The first kappa shape index (κ1) is 26.7. The lowest BCUT2D eigenvalue weighted by atomic mass is 10.1. The zero-order valence-electron chi connectivity index (χ0n) is 21.4. The third-order valence-corrected chi connectivity index (χ3v) is 7.67. The monoisotopic (exact) mass is 549 g/mol. The smallest absolute Gasteiger partial charge is 0.331 e. The number of benzene rings is 2. The Balaban J connectivity index is 1.38. The van der Waals surface area contributed by atoms with Gasteiger partial charge < -0.3 is 15.3 Å². The van der Waals surface area contributed by atoms with Gasteiger partial charge >= 0.3 is 5.69 Å². The summed E-state index contributed by atoms with van der Waals surface area (Å²) < 4.78 is 2.83. The molecule has 1 aliphatic heterocycles. The highest BCUT2D eigenvalue weighted by molar-refractivity contribution is 6.31. The number of aromatic nitrogens is 2. The largest absolute Gasteiger partial charge is 0.391 e. The number of hydrogen-bond donors (Lipinski definition) is 2. The van der Waals surface area contributed by atoms with Crippen LogP contribution in [0.15, 0.2) is 46.0 Å². The lowest BCUT2D eigenvalue weighted by Crippen LogP contribution is -2.44. The molecule has 0 radical (unpaired) electrons. The van der Waals surface area contributed by atoms with E-state index in [9.17, 15) is 24.3 Å². The van der Waals surface area contributed by atoms with E-state index in [0.29, 0.717) is 46.7 Å². The van der Waals surface area contributed by atoms with Crippen molar-refractivity contribution < 1.29 is 14.7 Å². The number of nitrogens with zero attached hydrogens (tertiary/aromatic N) is 4. The molecule has 0 bridgehead atoms. The fourth-order valence-corrected chi connectivity index (χ4v) is 5.37. The van der Waals surface area contributed by atoms with Crippen molar-refractivity contribution in [3.8, 4) is 6.07 Å². The van der Waals surface area contributed by atoms with Crippen molar-refractivity contribution in [1.82, 2.24) is 14.0 Å². The van der Waals surface area contributed by atoms with Crippen molar-refractivity contribution in [2.24, 2.45) is 5.92 Å². The Morgan fingerprint density at radius 3 is 2.59 bits per heavy atom. The van der Waals surface area contributed by atoms with Gasteiger partial charge in [-0.25, -0.2) is 4.79 Å². The molecule has 202 valence electrons. The number of anilines is 1. The minimum absolute atomic E-state index is 0.00725. The zero-order chi connectivity index (χ0) is 27.8. The number of aryl methyl sites for hydroxylation is 1. The maximum absolute atomic E-state index is 13.3. The molecule has 2 amide bonds. The molecule has 2 aliphatic rings. The molecule has 5 rings (SSSR count). The van der Waals surface area contributed by atoms with Crippen LogP contribution in [-0.4, -0.2) is 49.6 Å². The van der Waals surface area contributed by atoms with Gasteiger partial charge in [-0.05, 0) is 61.6 Å². The molecule has 2 aromatic carbocycles. The van der Waals surface area contributed by atoms with Gasteiger partial charge in [0.05, 0.1) is 34.0 Å². The number of carbonyl (C=O) groups is 2. The van der Waals surface area contributed by atoms with E-state index < -0.39 is 23.6 Å². The standard InChI is InChI=1S/C28H28ClN5O5/c1-2-32-23-8-7-19(11-21(23)27(38)34(28(32)39)14-16-3-4-16)31-26(37)24-12-20(35)15-33(24)25(36)10-17-5-6-18(13-30)22(29)9-17/h5-9,11,16,20,24,35H,2-4,10,12,14-15H2,1H3,(H,31,37)/t20-,24-/m1/s1. The summed E-state index contributed by atoms with van der Waals surface area (Å²) in [4.78, 5) is 53.8. The normalized spacial score (nSPS) is 18.8. The molecular weight excluding hydrogens is 522 g/mol. The number of rotatable bonds is 7. The summed E-state index contributed by atoms with van der Waals surface area (Å²) in [7, 11) is 0. The van der Waals surface area contributed by atoms with E-state index >= 15 is 0 Å². The first-order chi connectivity index (χ1) is 18.7. The average molecular weight is 550 g/mol. The Labute approximate surface area is 229 Å². The molecule has 2 atom stereocenters. The van der Waals surface area contributed by atoms with E-state index in [1.165, 1.54) is 15.5 Å². The summed E-state index contributed by atoms with van der Waals surface area (Å²) in [6, 6.07) is 10.6. The van der Waals surface area contributed by atoms with E-state index in [2.05, 4.69) is 5.32 Å². The van der Waals surface area contributed by atoms with Gasteiger partial charge in [-0.2, -0.15) is 5.26 Å². The maximum atomic E-state index is 13.3. The van der Waals surface area contributed by atoms with E-state index in [1.54, 1.807) is 34.9 Å². The molecule has 3 aromatic rings. The number of amides is 2. The van der Waals surface area contributed by atoms with Crippen LogP contribution in [-0.2, 0) is 29.1 Å². The van der Waals surface area contributed by atoms with E-state index in [0.717, 1.165) is 12.8 Å². The first-order valence-corrected chi connectivity index (χ1v) is 13.3. The molecule has 0 spiro atoms. The molecule has 1 aromatic heterocycles. The Morgan fingerprint density at radius 1 is 1.15 bits per heavy atom. The molecule has 1 saturated heterocycles. The molecule has 2 heterocycles. The molecule has 39 heavy (non-hydrogen) atoms. The van der Waals surface area contributed by atoms with Crippen molar-refractivity contribution in [3.05, 3.63) is 73.4 Å². The molecular formula is C28H28ClN5O5. The van der Waals surface area contributed by atoms with Gasteiger partial charge in [0.15, 0.2) is 0 Å². The average Bonchev–Trinajstić information content (AvgIpc) is 3.65. The number of β-amino-alcohol motifs (C(OH)–C–C–N with tert-alkyl or cyclic N) is 1. The van der Waals surface area contributed by atoms with Crippen LogP contribution in [0, 0.1) is 17.2 Å². The second-order valence-electron chi connectivity index (χ2n) is 10.2. The number of aliphatic hydroxyl groups excluding tert-OH is 1. The van der Waals surface area contributed by atoms with Gasteiger partial charge in [0.25, 0.3) is 5.56 Å². The van der Waals surface area contributed by atoms with E-state index in [-0.39, 0.29) is 36.0 Å². The molecule has 2 fully saturated rings. The molecule has 11 heteroatoms. The number of aliphatic hydroxyl groups is 1. The van der Waals surface area contributed by atoms with Crippen LogP contribution < -0.4 is 16.6 Å². The van der Waals surface area contributed by atoms with Crippen molar-refractivity contribution in [2.45, 2.75) is 57.8 Å². The molecule has 2 N–H and O–H groups in total. The van der Waals surface area contributed by atoms with E-state index in [1.807, 2.05) is 13.0 Å². The first-order valence-electron chi connectivity index (χ1n) is 12.9. The zero-order valence-corrected chi connectivity index (χ0v) is 22.1. The quantitative estimate of drug-likeness (QED) is 0.464. The molecule has 1 aliphatic carbocycles. The van der Waals surface area contributed by atoms with Crippen LogP contribution in [0.25, 0.3) is 10.9 Å². The van der Waals surface area contributed by atoms with Crippen molar-refractivity contribution in [1.29, 1.82) is 5.26 Å². The third-order valence-electron chi connectivity index (χ3n) is 7.36. The Hall–Kier alpha value is -3.94. The topological polar surface area (TPSA) is 137 Å². The van der Waals surface area contributed by atoms with Gasteiger partial charge in [-0.3, -0.25) is 23.5 Å². The predicted molar refractivity (Wildman–Crippen MR) is 145 cm³/mol. The highest BCUT2D eigenvalue weighted by Gasteiger charge is 2.39. The van der Waals surface area contributed by atoms with Gasteiger partial charge in [0.1, 0.15) is 12.1 Å². The number of likely N-dealkylation sites (tertiary alicyclic amines) is 1. The van der Waals surface area contributed by atoms with Crippen LogP contribution in [0.4, 0.5) is 5.69 Å². The van der Waals surface area contributed by atoms with Gasteiger partial charge in [-0.15, -0.1) is 0 Å². The maximum Gasteiger partial charge on any atom is 0.331 e. The number of carbonyl (C=O) groups excluding carboxylic acids is 2. The molecule has 0 unspecified atom stereocenters. The SMILES string of the molecule is CCn1c(=O)n(CC2CC2)c(=O)c2cc(NC(=O)[C@H]3C[C@@H](O)CN3C(=O)Cc3ccc(C#N)c(Cl)c3)ccc21. The third kappa shape index (κ3) is 5.33. The summed E-state index contributed by atoms with van der Waals surface area (Å²) in [5.74, 6) is -0.515. The molecule has 1 saturated carbocycles. The number of hydrogen-bond acceptors (Lipinski definition) is 6. The highest BCUT2D eigenvalue weighted by atomic mass is 35.5. The van der Waals surface area contributed by atoms with E-state index in [4.69, 9.17) is 16.9 Å². The van der Waals surface area contributed by atoms with Crippen LogP contribution in [0.5, 0.6) is 0 Å². The number of nitrogens with one attached hydrogen (secondary N) is 1.